The molecule has 0 saturated heterocycles. The fourth-order valence-corrected chi connectivity index (χ4v) is 4.57. The second-order valence-electron chi connectivity index (χ2n) is 10.1. The molecule has 2 aromatic carbocycles. The number of amides is 1. The third kappa shape index (κ3) is 9.89. The predicted octanol–water partition coefficient (Wildman–Crippen LogP) is 4.92. The lowest BCUT2D eigenvalue weighted by Crippen LogP contribution is -2.24. The van der Waals surface area contributed by atoms with Gasteiger partial charge in [-0.3, -0.25) is 14.4 Å². The molecular formula is C34H44N2O11. The zero-order valence-electron chi connectivity index (χ0n) is 28.3. The highest BCUT2D eigenvalue weighted by Crippen LogP contribution is 2.45. The molecule has 0 saturated carbocycles. The van der Waals surface area contributed by atoms with E-state index in [1.54, 1.807) is 49.2 Å². The third-order valence-electron chi connectivity index (χ3n) is 6.81. The van der Waals surface area contributed by atoms with Crippen molar-refractivity contribution in [3.8, 4) is 34.5 Å². The van der Waals surface area contributed by atoms with Gasteiger partial charge < -0.3 is 43.6 Å². The van der Waals surface area contributed by atoms with Gasteiger partial charge in [0.05, 0.1) is 47.4 Å². The van der Waals surface area contributed by atoms with E-state index >= 15 is 0 Å². The van der Waals surface area contributed by atoms with Gasteiger partial charge in [0, 0.05) is 29.8 Å². The van der Waals surface area contributed by atoms with Gasteiger partial charge in [0.25, 0.3) is 5.91 Å². The number of ether oxygens (including phenoxy) is 8. The van der Waals surface area contributed by atoms with E-state index in [2.05, 4.69) is 4.98 Å². The quantitative estimate of drug-likeness (QED) is 0.174. The molecule has 0 fully saturated rings. The van der Waals surface area contributed by atoms with Crippen LogP contribution < -0.4 is 34.2 Å². The molecule has 256 valence electrons. The highest BCUT2D eigenvalue weighted by atomic mass is 16.7. The van der Waals surface area contributed by atoms with Crippen LogP contribution in [0, 0.1) is 5.92 Å². The third-order valence-corrected chi connectivity index (χ3v) is 6.81. The molecule has 3 aromatic rings. The molecule has 47 heavy (non-hydrogen) atoms. The molecule has 0 aliphatic carbocycles. The average molecular weight is 657 g/mol. The maximum absolute atomic E-state index is 12.0. The molecular weight excluding hydrogens is 612 g/mol. The molecule has 2 N–H and O–H groups in total. The first-order valence-electron chi connectivity index (χ1n) is 14.7. The number of primary amides is 1. The summed E-state index contributed by atoms with van der Waals surface area (Å²) >= 11 is 0. The largest absolute Gasteiger partial charge is 0.493 e. The van der Waals surface area contributed by atoms with Gasteiger partial charge >= 0.3 is 11.9 Å². The molecule has 1 heterocycles. The smallest absolute Gasteiger partial charge is 0.311 e. The minimum atomic E-state index is -0.760. The number of rotatable bonds is 15. The van der Waals surface area contributed by atoms with Gasteiger partial charge in [-0.15, -0.1) is 0 Å². The van der Waals surface area contributed by atoms with Crippen LogP contribution in [0.2, 0.25) is 0 Å². The molecule has 13 nitrogen and oxygen atoms in total. The molecule has 1 amide bonds. The number of esters is 2. The van der Waals surface area contributed by atoms with Crippen molar-refractivity contribution in [2.24, 2.45) is 11.7 Å². The summed E-state index contributed by atoms with van der Waals surface area (Å²) in [4.78, 5) is 38.3. The maximum atomic E-state index is 12.0. The Bertz CT molecular complexity index is 1440. The Labute approximate surface area is 275 Å². The summed E-state index contributed by atoms with van der Waals surface area (Å²) in [7, 11) is 7.76. The number of carbonyl (C=O) groups is 3. The van der Waals surface area contributed by atoms with Gasteiger partial charge in [0.2, 0.25) is 6.79 Å². The van der Waals surface area contributed by atoms with Gasteiger partial charge in [-0.1, -0.05) is 45.0 Å². The SMILES string of the molecule is CCC(=O)OC(C)C(c1cccc(OC)c1OC)c1cccc(OC)c1OC.COc1ccnc(C(N)=O)c1OCOC(=O)C(C)C. The standard InChI is InChI=1S/C22H28O6.C12H16N2O5/c1-7-19(23)28-14(2)20(15-10-8-12-17(24-3)21(15)26-5)16-11-9-13-18(25-4)22(16)27-6;1-7(2)12(16)19-6-18-10-8(17-3)4-5-14-9(10)11(13)15/h8-14,20H,7H2,1-6H3;4-5,7H,6H2,1-3H3,(H2,13,15). The summed E-state index contributed by atoms with van der Waals surface area (Å²) in [6, 6.07) is 12.8. The molecule has 1 unspecified atom stereocenters. The van der Waals surface area contributed by atoms with Crippen molar-refractivity contribution in [1.82, 2.24) is 4.98 Å². The van der Waals surface area contributed by atoms with Crippen LogP contribution in [0.3, 0.4) is 0 Å². The monoisotopic (exact) mass is 656 g/mol. The van der Waals surface area contributed by atoms with Crippen molar-refractivity contribution in [2.75, 3.05) is 42.3 Å². The fraction of sp³-hybridized carbons (Fsp3) is 0.412. The molecule has 13 heteroatoms. The first-order chi connectivity index (χ1) is 22.5. The molecule has 0 spiro atoms. The fourth-order valence-electron chi connectivity index (χ4n) is 4.57. The number of carbonyl (C=O) groups excluding carboxylic acids is 3. The molecule has 0 aliphatic heterocycles. The van der Waals surface area contributed by atoms with Crippen LogP contribution in [0.1, 0.15) is 61.6 Å². The zero-order chi connectivity index (χ0) is 35.1. The maximum Gasteiger partial charge on any atom is 0.311 e. The van der Waals surface area contributed by atoms with Crippen molar-refractivity contribution in [1.29, 1.82) is 0 Å². The molecule has 1 atom stereocenters. The number of nitrogens with two attached hydrogens (primary N) is 1. The zero-order valence-corrected chi connectivity index (χ0v) is 28.3. The van der Waals surface area contributed by atoms with E-state index < -0.39 is 18.0 Å². The number of benzene rings is 2. The van der Waals surface area contributed by atoms with Gasteiger partial charge in [0.1, 0.15) is 6.10 Å². The lowest BCUT2D eigenvalue weighted by Gasteiger charge is -2.28. The summed E-state index contributed by atoms with van der Waals surface area (Å²) < 4.78 is 43.0. The van der Waals surface area contributed by atoms with E-state index in [0.717, 1.165) is 11.1 Å². The average Bonchev–Trinajstić information content (AvgIpc) is 3.07. The summed E-state index contributed by atoms with van der Waals surface area (Å²) in [6.07, 6.45) is 1.18. The number of para-hydroxylation sites is 2. The van der Waals surface area contributed by atoms with Crippen molar-refractivity contribution < 1.29 is 52.3 Å². The summed E-state index contributed by atoms with van der Waals surface area (Å²) in [5.41, 5.74) is 6.74. The Hall–Kier alpha value is -5.20. The Morgan fingerprint density at radius 3 is 1.68 bits per heavy atom. The van der Waals surface area contributed by atoms with Gasteiger partial charge in [0.15, 0.2) is 40.2 Å². The summed E-state index contributed by atoms with van der Waals surface area (Å²) in [5.74, 6) is 0.619. The number of nitrogens with zero attached hydrogens (tertiary/aromatic N) is 1. The lowest BCUT2D eigenvalue weighted by atomic mass is 9.85. The predicted molar refractivity (Wildman–Crippen MR) is 173 cm³/mol. The molecule has 1 aromatic heterocycles. The van der Waals surface area contributed by atoms with Crippen LogP contribution in [0.5, 0.6) is 34.5 Å². The van der Waals surface area contributed by atoms with E-state index in [4.69, 9.17) is 43.6 Å². The lowest BCUT2D eigenvalue weighted by molar-refractivity contribution is -0.154. The van der Waals surface area contributed by atoms with Crippen molar-refractivity contribution in [2.45, 2.75) is 46.1 Å². The number of aromatic nitrogens is 1. The van der Waals surface area contributed by atoms with Crippen LogP contribution in [0.4, 0.5) is 0 Å². The highest BCUT2D eigenvalue weighted by Gasteiger charge is 2.32. The van der Waals surface area contributed by atoms with E-state index in [-0.39, 0.29) is 41.8 Å². The second kappa shape index (κ2) is 18.7. The minimum Gasteiger partial charge on any atom is -0.493 e. The number of hydrogen-bond acceptors (Lipinski definition) is 12. The van der Waals surface area contributed by atoms with Gasteiger partial charge in [-0.2, -0.15) is 0 Å². The number of hydrogen-bond donors (Lipinski definition) is 1. The summed E-state index contributed by atoms with van der Waals surface area (Å²) in [6.45, 7) is 6.67. The van der Waals surface area contributed by atoms with E-state index in [9.17, 15) is 14.4 Å². The van der Waals surface area contributed by atoms with E-state index in [0.29, 0.717) is 29.4 Å². The second-order valence-corrected chi connectivity index (χ2v) is 10.1. The summed E-state index contributed by atoms with van der Waals surface area (Å²) in [5, 5.41) is 0. The van der Waals surface area contributed by atoms with Gasteiger partial charge in [-0.05, 0) is 19.1 Å². The van der Waals surface area contributed by atoms with Crippen molar-refractivity contribution in [3.05, 3.63) is 65.5 Å². The Balaban J connectivity index is 0.000000353. The molecule has 0 aliphatic rings. The van der Waals surface area contributed by atoms with E-state index in [1.165, 1.54) is 19.4 Å². The minimum absolute atomic E-state index is 0.0501. The Morgan fingerprint density at radius 2 is 1.26 bits per heavy atom. The first kappa shape index (κ1) is 38.0. The van der Waals surface area contributed by atoms with Crippen LogP contribution in [0.15, 0.2) is 48.7 Å². The first-order valence-corrected chi connectivity index (χ1v) is 14.7. The molecule has 0 bridgehead atoms. The van der Waals surface area contributed by atoms with Crippen LogP contribution >= 0.6 is 0 Å². The molecule has 3 rings (SSSR count). The number of pyridine rings is 1. The van der Waals surface area contributed by atoms with Crippen LogP contribution in [-0.2, 0) is 19.1 Å². The van der Waals surface area contributed by atoms with Gasteiger partial charge in [-0.25, -0.2) is 4.98 Å². The number of methoxy groups -OCH3 is 5. The molecule has 0 radical (unpaired) electrons. The Morgan fingerprint density at radius 1 is 0.745 bits per heavy atom. The Kier molecular flexibility index (Phi) is 15.1. The van der Waals surface area contributed by atoms with Crippen molar-refractivity contribution >= 4 is 17.8 Å². The van der Waals surface area contributed by atoms with E-state index in [1.807, 2.05) is 43.3 Å². The normalized spacial score (nSPS) is 11.0. The van der Waals surface area contributed by atoms with Crippen LogP contribution in [-0.4, -0.2) is 71.3 Å². The highest BCUT2D eigenvalue weighted by molar-refractivity contribution is 5.94. The van der Waals surface area contributed by atoms with Crippen molar-refractivity contribution in [3.63, 3.8) is 0 Å². The topological polar surface area (TPSA) is 164 Å². The van der Waals surface area contributed by atoms with Crippen LogP contribution in [0.25, 0.3) is 0 Å².